The number of allylic oxidation sites excluding steroid dienone is 1. The van der Waals surface area contributed by atoms with E-state index in [9.17, 15) is 9.59 Å². The van der Waals surface area contributed by atoms with Gasteiger partial charge in [0.1, 0.15) is 5.75 Å². The number of rotatable bonds is 6. The van der Waals surface area contributed by atoms with Crippen LogP contribution in [0, 0.1) is 0 Å². The molecule has 0 saturated heterocycles. The number of esters is 1. The van der Waals surface area contributed by atoms with E-state index in [1.807, 2.05) is 48.5 Å². The monoisotopic (exact) mass is 342 g/mol. The number of ether oxygens (including phenoxy) is 1. The quantitative estimate of drug-likeness (QED) is 0.281. The highest BCUT2D eigenvalue weighted by Crippen LogP contribution is 2.15. The van der Waals surface area contributed by atoms with E-state index in [0.717, 1.165) is 11.1 Å². The molecule has 0 bridgehead atoms. The van der Waals surface area contributed by atoms with E-state index < -0.39 is 0 Å². The molecule has 0 atom stereocenters. The van der Waals surface area contributed by atoms with Gasteiger partial charge >= 0.3 is 5.97 Å². The van der Waals surface area contributed by atoms with Crippen molar-refractivity contribution in [2.75, 3.05) is 0 Å². The molecule has 0 unspecified atom stereocenters. The highest BCUT2D eigenvalue weighted by molar-refractivity contribution is 6.06. The highest BCUT2D eigenvalue weighted by atomic mass is 16.5. The lowest BCUT2D eigenvalue weighted by Gasteiger charge is -2.05. The van der Waals surface area contributed by atoms with Gasteiger partial charge in [-0.2, -0.15) is 0 Å². The maximum atomic E-state index is 12.0. The zero-order valence-corrected chi connectivity index (χ0v) is 14.2. The molecular weight excluding hydrogens is 324 g/mol. The first-order chi connectivity index (χ1) is 12.7. The van der Waals surface area contributed by atoms with Crippen molar-refractivity contribution in [3.8, 4) is 5.75 Å². The maximum absolute atomic E-state index is 12.0. The van der Waals surface area contributed by atoms with E-state index in [1.54, 1.807) is 42.5 Å². The van der Waals surface area contributed by atoms with Gasteiger partial charge in [0.2, 0.25) is 0 Å². The summed E-state index contributed by atoms with van der Waals surface area (Å²) in [6.45, 7) is 0. The van der Waals surface area contributed by atoms with Crippen molar-refractivity contribution in [2.24, 2.45) is 0 Å². The van der Waals surface area contributed by atoms with Crippen LogP contribution < -0.4 is 4.74 Å². The molecule has 0 aromatic heterocycles. The van der Waals surface area contributed by atoms with Crippen LogP contribution in [0.5, 0.6) is 5.75 Å². The third kappa shape index (κ3) is 5.02. The largest absolute Gasteiger partial charge is 0.426 e. The Morgan fingerprint density at radius 2 is 1.38 bits per heavy atom. The number of hydrogen-bond donors (Lipinski definition) is 0. The van der Waals surface area contributed by atoms with Crippen LogP contribution in [-0.4, -0.2) is 11.8 Å². The van der Waals surface area contributed by atoms with E-state index in [4.69, 9.17) is 4.74 Å². The molecule has 3 aromatic rings. The van der Waals surface area contributed by atoms with Gasteiger partial charge in [-0.3, -0.25) is 9.59 Å². The van der Waals surface area contributed by atoms with Crippen molar-refractivity contribution in [1.82, 2.24) is 0 Å². The number of carbonyl (C=O) groups is 2. The van der Waals surface area contributed by atoms with Gasteiger partial charge in [0, 0.05) is 5.56 Å². The van der Waals surface area contributed by atoms with Gasteiger partial charge in [0.25, 0.3) is 0 Å². The normalized spacial score (nSPS) is 10.6. The van der Waals surface area contributed by atoms with Crippen molar-refractivity contribution >= 4 is 17.8 Å². The number of ketones is 1. The van der Waals surface area contributed by atoms with Gasteiger partial charge in [0.15, 0.2) is 5.78 Å². The number of benzene rings is 3. The molecule has 3 heteroatoms. The van der Waals surface area contributed by atoms with Gasteiger partial charge in [-0.1, -0.05) is 78.9 Å². The topological polar surface area (TPSA) is 43.4 Å². The minimum Gasteiger partial charge on any atom is -0.426 e. The Balaban J connectivity index is 1.57. The summed E-state index contributed by atoms with van der Waals surface area (Å²) in [5, 5.41) is 0. The summed E-state index contributed by atoms with van der Waals surface area (Å²) in [4.78, 5) is 24.0. The van der Waals surface area contributed by atoms with Crippen LogP contribution in [0.3, 0.4) is 0 Å². The third-order valence-corrected chi connectivity index (χ3v) is 3.79. The minimum absolute atomic E-state index is 0.0519. The Morgan fingerprint density at radius 3 is 2.04 bits per heavy atom. The molecule has 0 heterocycles. The molecule has 0 amide bonds. The predicted octanol–water partition coefficient (Wildman–Crippen LogP) is 4.73. The summed E-state index contributed by atoms with van der Waals surface area (Å²) in [6, 6.07) is 25.6. The molecule has 26 heavy (non-hydrogen) atoms. The van der Waals surface area contributed by atoms with Crippen LogP contribution in [0.1, 0.15) is 21.5 Å². The maximum Gasteiger partial charge on any atom is 0.315 e. The Labute approximate surface area is 152 Å². The number of carbonyl (C=O) groups excluding carboxylic acids is 2. The van der Waals surface area contributed by atoms with E-state index in [2.05, 4.69) is 0 Å². The van der Waals surface area contributed by atoms with E-state index >= 15 is 0 Å². The lowest BCUT2D eigenvalue weighted by Crippen LogP contribution is -2.11. The highest BCUT2D eigenvalue weighted by Gasteiger charge is 2.06. The molecule has 0 N–H and O–H groups in total. The first-order valence-electron chi connectivity index (χ1n) is 8.33. The standard InChI is InChI=1S/C23H18O3/c24-22(20-9-5-2-6-10-20)16-13-18-11-14-21(15-12-18)26-23(25)17-19-7-3-1-4-8-19/h1-16H,17H2/b16-13-. The van der Waals surface area contributed by atoms with Crippen molar-refractivity contribution < 1.29 is 14.3 Å². The smallest absolute Gasteiger partial charge is 0.315 e. The molecule has 3 rings (SSSR count). The zero-order valence-electron chi connectivity index (χ0n) is 14.2. The molecule has 0 aliphatic rings. The van der Waals surface area contributed by atoms with Gasteiger partial charge in [-0.15, -0.1) is 0 Å². The van der Waals surface area contributed by atoms with E-state index in [-0.39, 0.29) is 18.2 Å². The van der Waals surface area contributed by atoms with Crippen molar-refractivity contribution in [1.29, 1.82) is 0 Å². The third-order valence-electron chi connectivity index (χ3n) is 3.79. The second-order valence-electron chi connectivity index (χ2n) is 5.77. The summed E-state index contributed by atoms with van der Waals surface area (Å²) in [7, 11) is 0. The average molecular weight is 342 g/mol. The van der Waals surface area contributed by atoms with Gasteiger partial charge in [-0.05, 0) is 29.3 Å². The van der Waals surface area contributed by atoms with Gasteiger partial charge in [0.05, 0.1) is 6.42 Å². The Morgan fingerprint density at radius 1 is 0.769 bits per heavy atom. The first-order valence-corrected chi connectivity index (χ1v) is 8.33. The fourth-order valence-electron chi connectivity index (χ4n) is 2.45. The van der Waals surface area contributed by atoms with E-state index in [1.165, 1.54) is 6.08 Å². The van der Waals surface area contributed by atoms with Gasteiger partial charge < -0.3 is 4.74 Å². The molecule has 0 saturated carbocycles. The average Bonchev–Trinajstić information content (AvgIpc) is 2.68. The lowest BCUT2D eigenvalue weighted by atomic mass is 10.1. The molecule has 0 fully saturated rings. The molecular formula is C23H18O3. The number of hydrogen-bond acceptors (Lipinski definition) is 3. The van der Waals surface area contributed by atoms with Crippen LogP contribution in [-0.2, 0) is 11.2 Å². The molecule has 0 aliphatic heterocycles. The van der Waals surface area contributed by atoms with E-state index in [0.29, 0.717) is 11.3 Å². The SMILES string of the molecule is O=C(Cc1ccccc1)Oc1ccc(/C=C\C(=O)c2ccccc2)cc1. The van der Waals surface area contributed by atoms with Crippen molar-refractivity contribution in [3.63, 3.8) is 0 Å². The summed E-state index contributed by atoms with van der Waals surface area (Å²) in [5.74, 6) is 0.125. The van der Waals surface area contributed by atoms with Crippen LogP contribution >= 0.6 is 0 Å². The van der Waals surface area contributed by atoms with Gasteiger partial charge in [-0.25, -0.2) is 0 Å². The second kappa shape index (κ2) is 8.58. The van der Waals surface area contributed by atoms with Crippen LogP contribution in [0.4, 0.5) is 0 Å². The molecule has 128 valence electrons. The lowest BCUT2D eigenvalue weighted by molar-refractivity contribution is -0.133. The zero-order chi connectivity index (χ0) is 18.2. The molecule has 0 radical (unpaired) electrons. The molecule has 0 spiro atoms. The Kier molecular flexibility index (Phi) is 5.73. The summed E-state index contributed by atoms with van der Waals surface area (Å²) in [6.07, 6.45) is 3.50. The summed E-state index contributed by atoms with van der Waals surface area (Å²) < 4.78 is 5.34. The molecule has 3 aromatic carbocycles. The fraction of sp³-hybridized carbons (Fsp3) is 0.0435. The summed E-state index contributed by atoms with van der Waals surface area (Å²) in [5.41, 5.74) is 2.42. The van der Waals surface area contributed by atoms with Crippen LogP contribution in [0.25, 0.3) is 6.08 Å². The van der Waals surface area contributed by atoms with Crippen LogP contribution in [0.15, 0.2) is 91.0 Å². The first kappa shape index (κ1) is 17.4. The summed E-state index contributed by atoms with van der Waals surface area (Å²) >= 11 is 0. The van der Waals surface area contributed by atoms with Crippen molar-refractivity contribution in [2.45, 2.75) is 6.42 Å². The second-order valence-corrected chi connectivity index (χ2v) is 5.77. The minimum atomic E-state index is -0.307. The van der Waals surface area contributed by atoms with Crippen LogP contribution in [0.2, 0.25) is 0 Å². The van der Waals surface area contributed by atoms with Crippen molar-refractivity contribution in [3.05, 3.63) is 108 Å². The Hall–Kier alpha value is -3.46. The predicted molar refractivity (Wildman–Crippen MR) is 102 cm³/mol. The molecule has 0 aliphatic carbocycles. The fourth-order valence-corrected chi connectivity index (χ4v) is 2.45. The molecule has 3 nitrogen and oxygen atoms in total. The Bertz CT molecular complexity index is 895.